The summed E-state index contributed by atoms with van der Waals surface area (Å²) in [5, 5.41) is -1.10. The van der Waals surface area contributed by atoms with E-state index in [0.717, 1.165) is 11.1 Å². The summed E-state index contributed by atoms with van der Waals surface area (Å²) in [5.74, 6) is -1.04. The standard InChI is InChI=1S/C24H21ClO4S/c1-16-3-7-18(8-4-16)22(26)15-23(24(27)19-9-11-20(25)12-10-19)30(28,29)21-13-5-17(2)6-14-21/h3-14,23H,15H2,1-2H3/t23-/m0/s1. The van der Waals surface area contributed by atoms with Crippen LogP contribution in [0.4, 0.5) is 0 Å². The van der Waals surface area contributed by atoms with E-state index in [1.165, 1.54) is 36.4 Å². The van der Waals surface area contributed by atoms with Crippen LogP contribution in [0.25, 0.3) is 0 Å². The van der Waals surface area contributed by atoms with Gasteiger partial charge in [0.05, 0.1) is 4.90 Å². The van der Waals surface area contributed by atoms with Crippen molar-refractivity contribution in [3.8, 4) is 0 Å². The smallest absolute Gasteiger partial charge is 0.189 e. The lowest BCUT2D eigenvalue weighted by Gasteiger charge is -2.17. The van der Waals surface area contributed by atoms with Gasteiger partial charge in [-0.2, -0.15) is 0 Å². The Labute approximate surface area is 181 Å². The molecule has 0 spiro atoms. The van der Waals surface area contributed by atoms with E-state index < -0.39 is 33.1 Å². The molecule has 0 bridgehead atoms. The summed E-state index contributed by atoms with van der Waals surface area (Å²) in [6, 6.07) is 19.1. The molecule has 0 heterocycles. The lowest BCUT2D eigenvalue weighted by molar-refractivity contribution is 0.0920. The molecule has 0 aromatic heterocycles. The molecule has 0 unspecified atom stereocenters. The number of hydrogen-bond donors (Lipinski definition) is 0. The molecule has 3 rings (SSSR count). The Balaban J connectivity index is 2.02. The molecular weight excluding hydrogens is 420 g/mol. The normalized spacial score (nSPS) is 12.4. The largest absolute Gasteiger partial charge is 0.294 e. The molecule has 0 fully saturated rings. The molecule has 0 aliphatic carbocycles. The van der Waals surface area contributed by atoms with E-state index in [4.69, 9.17) is 11.6 Å². The van der Waals surface area contributed by atoms with E-state index >= 15 is 0 Å². The second-order valence-corrected chi connectivity index (χ2v) is 9.78. The predicted octanol–water partition coefficient (Wildman–Crippen LogP) is 5.26. The summed E-state index contributed by atoms with van der Waals surface area (Å²) >= 11 is 5.89. The third-order valence-corrected chi connectivity index (χ3v) is 7.20. The second-order valence-electron chi connectivity index (χ2n) is 7.21. The van der Waals surface area contributed by atoms with Crippen molar-refractivity contribution in [2.75, 3.05) is 0 Å². The minimum absolute atomic E-state index is 0.0112. The van der Waals surface area contributed by atoms with E-state index in [9.17, 15) is 18.0 Å². The highest BCUT2D eigenvalue weighted by Crippen LogP contribution is 2.25. The van der Waals surface area contributed by atoms with Crippen molar-refractivity contribution in [3.05, 3.63) is 100 Å². The molecule has 30 heavy (non-hydrogen) atoms. The Morgan fingerprint density at radius 2 is 1.23 bits per heavy atom. The minimum Gasteiger partial charge on any atom is -0.294 e. The van der Waals surface area contributed by atoms with Crippen molar-refractivity contribution in [1.82, 2.24) is 0 Å². The summed E-state index contributed by atoms with van der Waals surface area (Å²) in [5.41, 5.74) is 2.43. The van der Waals surface area contributed by atoms with Crippen molar-refractivity contribution in [2.45, 2.75) is 30.4 Å². The number of halogens is 1. The average Bonchev–Trinajstić information content (AvgIpc) is 2.72. The third-order valence-electron chi connectivity index (χ3n) is 4.89. The molecule has 0 saturated carbocycles. The van der Waals surface area contributed by atoms with E-state index in [1.807, 2.05) is 13.8 Å². The maximum Gasteiger partial charge on any atom is 0.189 e. The lowest BCUT2D eigenvalue weighted by Crippen LogP contribution is -2.33. The topological polar surface area (TPSA) is 68.3 Å². The number of carbonyl (C=O) groups is 2. The fourth-order valence-electron chi connectivity index (χ4n) is 3.06. The lowest BCUT2D eigenvalue weighted by atomic mass is 10.0. The minimum atomic E-state index is -4.09. The van der Waals surface area contributed by atoms with Crippen molar-refractivity contribution in [2.24, 2.45) is 0 Å². The van der Waals surface area contributed by atoms with Gasteiger partial charge in [0.15, 0.2) is 21.4 Å². The quantitative estimate of drug-likeness (QED) is 0.470. The molecule has 0 N–H and O–H groups in total. The molecule has 0 amide bonds. The van der Waals surface area contributed by atoms with Crippen LogP contribution in [0.15, 0.2) is 77.7 Å². The summed E-state index contributed by atoms with van der Waals surface area (Å²) in [7, 11) is -4.09. The molecule has 3 aromatic carbocycles. The van der Waals surface area contributed by atoms with E-state index in [-0.39, 0.29) is 10.5 Å². The molecule has 0 aliphatic rings. The first kappa shape index (κ1) is 21.9. The van der Waals surface area contributed by atoms with Crippen LogP contribution in [0.2, 0.25) is 5.02 Å². The molecule has 1 atom stereocenters. The number of Topliss-reactive ketones (excluding diaryl/α,β-unsaturated/α-hetero) is 2. The maximum absolute atomic E-state index is 13.3. The molecule has 3 aromatic rings. The molecular formula is C24H21ClO4S. The third kappa shape index (κ3) is 4.86. The fourth-order valence-corrected chi connectivity index (χ4v) is 4.82. The van der Waals surface area contributed by atoms with Gasteiger partial charge in [0.2, 0.25) is 0 Å². The summed E-state index contributed by atoms with van der Waals surface area (Å²) in [6.07, 6.45) is -0.444. The molecule has 0 saturated heterocycles. The number of hydrogen-bond acceptors (Lipinski definition) is 4. The Bertz CT molecular complexity index is 1160. The fraction of sp³-hybridized carbons (Fsp3) is 0.167. The van der Waals surface area contributed by atoms with Gasteiger partial charge in [-0.15, -0.1) is 0 Å². The van der Waals surface area contributed by atoms with Crippen LogP contribution in [-0.2, 0) is 9.84 Å². The van der Waals surface area contributed by atoms with E-state index in [2.05, 4.69) is 0 Å². The Morgan fingerprint density at radius 3 is 1.77 bits per heavy atom. The first-order valence-electron chi connectivity index (χ1n) is 9.38. The highest BCUT2D eigenvalue weighted by atomic mass is 35.5. The van der Waals surface area contributed by atoms with Gasteiger partial charge in [0.1, 0.15) is 5.25 Å². The zero-order chi connectivity index (χ0) is 21.9. The van der Waals surface area contributed by atoms with Gasteiger partial charge >= 0.3 is 0 Å². The number of carbonyl (C=O) groups excluding carboxylic acids is 2. The second kappa shape index (κ2) is 8.94. The molecule has 4 nitrogen and oxygen atoms in total. The number of benzene rings is 3. The number of sulfone groups is 1. The first-order valence-corrected chi connectivity index (χ1v) is 11.3. The van der Waals surface area contributed by atoms with Gasteiger partial charge in [-0.25, -0.2) is 8.42 Å². The Hall–Kier alpha value is -2.76. The predicted molar refractivity (Wildman–Crippen MR) is 118 cm³/mol. The Morgan fingerprint density at radius 1 is 0.767 bits per heavy atom. The zero-order valence-electron chi connectivity index (χ0n) is 16.6. The van der Waals surface area contributed by atoms with Crippen LogP contribution in [0.1, 0.15) is 38.3 Å². The molecule has 154 valence electrons. The SMILES string of the molecule is Cc1ccc(C(=O)C[C@@H](C(=O)c2ccc(Cl)cc2)S(=O)(=O)c2ccc(C)cc2)cc1. The number of ketones is 2. The molecule has 0 aliphatic heterocycles. The van der Waals surface area contributed by atoms with Gasteiger partial charge in [-0.05, 0) is 50.2 Å². The highest BCUT2D eigenvalue weighted by Gasteiger charge is 2.36. The first-order chi connectivity index (χ1) is 14.2. The van der Waals surface area contributed by atoms with Crippen LogP contribution < -0.4 is 0 Å². The van der Waals surface area contributed by atoms with Gasteiger partial charge < -0.3 is 0 Å². The van der Waals surface area contributed by atoms with E-state index in [0.29, 0.717) is 10.6 Å². The van der Waals surface area contributed by atoms with Crippen LogP contribution in [0, 0.1) is 13.8 Å². The number of rotatable bonds is 7. The van der Waals surface area contributed by atoms with Crippen LogP contribution >= 0.6 is 11.6 Å². The van der Waals surface area contributed by atoms with Crippen LogP contribution in [0.3, 0.4) is 0 Å². The highest BCUT2D eigenvalue weighted by molar-refractivity contribution is 7.92. The summed E-state index contributed by atoms with van der Waals surface area (Å²) in [4.78, 5) is 26.1. The zero-order valence-corrected chi connectivity index (χ0v) is 18.2. The van der Waals surface area contributed by atoms with Crippen LogP contribution in [-0.4, -0.2) is 25.2 Å². The van der Waals surface area contributed by atoms with Crippen molar-refractivity contribution in [3.63, 3.8) is 0 Å². The van der Waals surface area contributed by atoms with Crippen molar-refractivity contribution in [1.29, 1.82) is 0 Å². The van der Waals surface area contributed by atoms with E-state index in [1.54, 1.807) is 36.4 Å². The number of aryl methyl sites for hydroxylation is 2. The summed E-state index contributed by atoms with van der Waals surface area (Å²) < 4.78 is 26.7. The van der Waals surface area contributed by atoms with Gasteiger partial charge in [0.25, 0.3) is 0 Å². The van der Waals surface area contributed by atoms with Gasteiger partial charge in [-0.3, -0.25) is 9.59 Å². The van der Waals surface area contributed by atoms with Crippen LogP contribution in [0.5, 0.6) is 0 Å². The Kier molecular flexibility index (Phi) is 6.54. The average molecular weight is 441 g/mol. The van der Waals surface area contributed by atoms with Gasteiger partial charge in [0, 0.05) is 22.6 Å². The molecule has 6 heteroatoms. The summed E-state index contributed by atoms with van der Waals surface area (Å²) in [6.45, 7) is 3.73. The van der Waals surface area contributed by atoms with Crippen molar-refractivity contribution < 1.29 is 18.0 Å². The van der Waals surface area contributed by atoms with Gasteiger partial charge in [-0.1, -0.05) is 59.1 Å². The molecule has 0 radical (unpaired) electrons. The monoisotopic (exact) mass is 440 g/mol. The maximum atomic E-state index is 13.3. The van der Waals surface area contributed by atoms with Crippen molar-refractivity contribution >= 4 is 33.0 Å².